The maximum atomic E-state index is 5.47. The van der Waals surface area contributed by atoms with Crippen molar-refractivity contribution >= 4 is 21.6 Å². The van der Waals surface area contributed by atoms with Gasteiger partial charge in [0.15, 0.2) is 0 Å². The van der Waals surface area contributed by atoms with Crippen LogP contribution in [0.25, 0.3) is 0 Å². The first-order valence-electron chi connectivity index (χ1n) is 5.14. The van der Waals surface area contributed by atoms with Crippen LogP contribution in [-0.4, -0.2) is 36.1 Å². The van der Waals surface area contributed by atoms with E-state index in [0.717, 1.165) is 30.8 Å². The lowest BCUT2D eigenvalue weighted by atomic mass is 10.2. The fourth-order valence-corrected chi connectivity index (χ4v) is 2.37. The molecule has 0 radical (unpaired) electrons. The Morgan fingerprint density at radius 2 is 2.53 bits per heavy atom. The molecule has 2 heterocycles. The van der Waals surface area contributed by atoms with E-state index in [0.29, 0.717) is 6.04 Å². The third-order valence-electron chi connectivity index (χ3n) is 2.62. The molecular weight excluding hydrogens is 256 g/mol. The van der Waals surface area contributed by atoms with Crippen LogP contribution in [0.2, 0.25) is 0 Å². The van der Waals surface area contributed by atoms with Crippen molar-refractivity contribution in [2.75, 3.05) is 30.0 Å². The monoisotopic (exact) mass is 270 g/mol. The van der Waals surface area contributed by atoms with E-state index >= 15 is 0 Å². The van der Waals surface area contributed by atoms with E-state index in [1.807, 2.05) is 13.1 Å². The minimum atomic E-state index is 0.431. The van der Waals surface area contributed by atoms with Crippen LogP contribution in [0.15, 0.2) is 18.3 Å². The number of nitrogens with zero attached hydrogens (tertiary/aromatic N) is 2. The Morgan fingerprint density at radius 1 is 1.67 bits per heavy atom. The minimum Gasteiger partial charge on any atom is -0.377 e. The lowest BCUT2D eigenvalue weighted by Gasteiger charge is -2.36. The number of hydrogen-bond donors (Lipinski definition) is 0. The average Bonchev–Trinajstić information content (AvgIpc) is 2.29. The number of halogens is 1. The van der Waals surface area contributed by atoms with E-state index in [-0.39, 0.29) is 0 Å². The molecule has 15 heavy (non-hydrogen) atoms. The van der Waals surface area contributed by atoms with E-state index in [1.165, 1.54) is 5.69 Å². The van der Waals surface area contributed by atoms with E-state index in [2.05, 4.69) is 37.9 Å². The average molecular weight is 271 g/mol. The Balaban J connectivity index is 2.20. The van der Waals surface area contributed by atoms with Crippen LogP contribution in [0.4, 0.5) is 5.69 Å². The molecule has 3 nitrogen and oxygen atoms in total. The molecule has 2 rings (SSSR count). The molecule has 0 aliphatic carbocycles. The van der Waals surface area contributed by atoms with Gasteiger partial charge in [-0.1, -0.05) is 15.9 Å². The molecule has 0 saturated carbocycles. The number of ether oxygens (including phenoxy) is 1. The van der Waals surface area contributed by atoms with Crippen LogP contribution < -0.4 is 4.90 Å². The fourth-order valence-electron chi connectivity index (χ4n) is 1.83. The number of aromatic nitrogens is 1. The highest BCUT2D eigenvalue weighted by molar-refractivity contribution is 9.09. The second kappa shape index (κ2) is 4.94. The highest BCUT2D eigenvalue weighted by Crippen LogP contribution is 2.20. The van der Waals surface area contributed by atoms with Crippen molar-refractivity contribution in [3.63, 3.8) is 0 Å². The van der Waals surface area contributed by atoms with Crippen LogP contribution in [-0.2, 0) is 4.74 Å². The molecule has 1 unspecified atom stereocenters. The normalized spacial score (nSPS) is 21.7. The molecule has 0 amide bonds. The summed E-state index contributed by atoms with van der Waals surface area (Å²) in [7, 11) is 0. The Hall–Kier alpha value is -0.610. The Kier molecular flexibility index (Phi) is 3.59. The third kappa shape index (κ3) is 2.49. The standard InChI is InChI=1S/C11H15BrN2O/c1-9-6-10(2-3-13-9)14-4-5-15-8-11(14)7-12/h2-3,6,11H,4-5,7-8H2,1H3. The van der Waals surface area contributed by atoms with Gasteiger partial charge in [-0.05, 0) is 19.1 Å². The molecular formula is C11H15BrN2O. The topological polar surface area (TPSA) is 25.4 Å². The van der Waals surface area contributed by atoms with Gasteiger partial charge in [-0.25, -0.2) is 0 Å². The van der Waals surface area contributed by atoms with Gasteiger partial charge in [0.2, 0.25) is 0 Å². The predicted octanol–water partition coefficient (Wildman–Crippen LogP) is 1.99. The highest BCUT2D eigenvalue weighted by Gasteiger charge is 2.22. The smallest absolute Gasteiger partial charge is 0.0679 e. The number of morpholine rings is 1. The van der Waals surface area contributed by atoms with Gasteiger partial charge < -0.3 is 9.64 Å². The number of pyridine rings is 1. The first-order chi connectivity index (χ1) is 7.31. The van der Waals surface area contributed by atoms with Gasteiger partial charge >= 0.3 is 0 Å². The molecule has 1 aliphatic heterocycles. The van der Waals surface area contributed by atoms with Gasteiger partial charge in [-0.2, -0.15) is 0 Å². The van der Waals surface area contributed by atoms with Crippen molar-refractivity contribution in [3.8, 4) is 0 Å². The summed E-state index contributed by atoms with van der Waals surface area (Å²) in [5, 5.41) is 0.939. The zero-order valence-corrected chi connectivity index (χ0v) is 10.4. The zero-order chi connectivity index (χ0) is 10.7. The van der Waals surface area contributed by atoms with Crippen LogP contribution in [0, 0.1) is 6.92 Å². The number of aryl methyl sites for hydroxylation is 1. The van der Waals surface area contributed by atoms with Crippen LogP contribution in [0.1, 0.15) is 5.69 Å². The van der Waals surface area contributed by atoms with E-state index < -0.39 is 0 Å². The molecule has 0 aromatic carbocycles. The Morgan fingerprint density at radius 3 is 3.27 bits per heavy atom. The molecule has 1 aliphatic rings. The molecule has 82 valence electrons. The molecule has 4 heteroatoms. The maximum Gasteiger partial charge on any atom is 0.0679 e. The molecule has 0 bridgehead atoms. The highest BCUT2D eigenvalue weighted by atomic mass is 79.9. The molecule has 0 spiro atoms. The maximum absolute atomic E-state index is 5.47. The zero-order valence-electron chi connectivity index (χ0n) is 8.82. The quantitative estimate of drug-likeness (QED) is 0.769. The molecule has 1 saturated heterocycles. The van der Waals surface area contributed by atoms with Gasteiger partial charge in [-0.3, -0.25) is 4.98 Å². The van der Waals surface area contributed by atoms with Crippen LogP contribution >= 0.6 is 15.9 Å². The molecule has 1 aromatic heterocycles. The van der Waals surface area contributed by atoms with Crippen molar-refractivity contribution in [1.29, 1.82) is 0 Å². The Bertz CT molecular complexity index is 332. The molecule has 1 atom stereocenters. The van der Waals surface area contributed by atoms with Gasteiger partial charge in [0.05, 0.1) is 19.3 Å². The predicted molar refractivity (Wildman–Crippen MR) is 64.7 cm³/mol. The summed E-state index contributed by atoms with van der Waals surface area (Å²) in [4.78, 5) is 6.60. The van der Waals surface area contributed by atoms with Gasteiger partial charge in [0.25, 0.3) is 0 Å². The molecule has 1 fully saturated rings. The summed E-state index contributed by atoms with van der Waals surface area (Å²) in [5.74, 6) is 0. The fraction of sp³-hybridized carbons (Fsp3) is 0.545. The summed E-state index contributed by atoms with van der Waals surface area (Å²) >= 11 is 3.53. The van der Waals surface area contributed by atoms with Crippen molar-refractivity contribution < 1.29 is 4.74 Å². The second-order valence-electron chi connectivity index (χ2n) is 3.73. The van der Waals surface area contributed by atoms with Crippen LogP contribution in [0.5, 0.6) is 0 Å². The first kappa shape index (κ1) is 10.9. The molecule has 0 N–H and O–H groups in total. The van der Waals surface area contributed by atoms with E-state index in [4.69, 9.17) is 4.74 Å². The van der Waals surface area contributed by atoms with Gasteiger partial charge in [0.1, 0.15) is 0 Å². The van der Waals surface area contributed by atoms with Crippen molar-refractivity contribution in [2.45, 2.75) is 13.0 Å². The van der Waals surface area contributed by atoms with Crippen molar-refractivity contribution in [2.24, 2.45) is 0 Å². The largest absolute Gasteiger partial charge is 0.377 e. The summed E-state index contributed by atoms with van der Waals surface area (Å²) in [6.07, 6.45) is 1.87. The summed E-state index contributed by atoms with van der Waals surface area (Å²) in [6, 6.07) is 4.62. The minimum absolute atomic E-state index is 0.431. The van der Waals surface area contributed by atoms with Crippen molar-refractivity contribution in [3.05, 3.63) is 24.0 Å². The Labute approximate surface area is 98.6 Å². The first-order valence-corrected chi connectivity index (χ1v) is 6.26. The number of rotatable bonds is 2. The van der Waals surface area contributed by atoms with Crippen molar-refractivity contribution in [1.82, 2.24) is 4.98 Å². The molecule has 1 aromatic rings. The number of hydrogen-bond acceptors (Lipinski definition) is 3. The van der Waals surface area contributed by atoms with E-state index in [1.54, 1.807) is 0 Å². The SMILES string of the molecule is Cc1cc(N2CCOCC2CBr)ccn1. The summed E-state index contributed by atoms with van der Waals surface area (Å²) < 4.78 is 5.47. The van der Waals surface area contributed by atoms with E-state index in [9.17, 15) is 0 Å². The summed E-state index contributed by atoms with van der Waals surface area (Å²) in [6.45, 7) is 4.59. The lowest BCUT2D eigenvalue weighted by molar-refractivity contribution is 0.100. The lowest BCUT2D eigenvalue weighted by Crippen LogP contribution is -2.46. The summed E-state index contributed by atoms with van der Waals surface area (Å²) in [5.41, 5.74) is 2.31. The second-order valence-corrected chi connectivity index (χ2v) is 4.38. The third-order valence-corrected chi connectivity index (χ3v) is 3.36. The number of alkyl halides is 1. The number of anilines is 1. The van der Waals surface area contributed by atoms with Crippen LogP contribution in [0.3, 0.4) is 0 Å². The van der Waals surface area contributed by atoms with Gasteiger partial charge in [0, 0.05) is 29.5 Å². The van der Waals surface area contributed by atoms with Gasteiger partial charge in [-0.15, -0.1) is 0 Å².